The van der Waals surface area contributed by atoms with E-state index in [-0.39, 0.29) is 87.8 Å². The summed E-state index contributed by atoms with van der Waals surface area (Å²) in [6.07, 6.45) is 3.52. The molecule has 20 nitrogen and oxygen atoms in total. The van der Waals surface area contributed by atoms with Crippen LogP contribution in [-0.2, 0) is 35.2 Å². The zero-order valence-electron chi connectivity index (χ0n) is 35.5. The van der Waals surface area contributed by atoms with Gasteiger partial charge < -0.3 is 64.6 Å². The number of amides is 5. The maximum Gasteiger partial charge on any atom is 0.326 e. The summed E-state index contributed by atoms with van der Waals surface area (Å²) in [4.78, 5) is 92.3. The molecule has 0 radical (unpaired) electrons. The molecule has 20 heteroatoms. The van der Waals surface area contributed by atoms with E-state index in [1.165, 1.54) is 21.9 Å². The lowest BCUT2D eigenvalue weighted by molar-refractivity contribution is -0.150. The van der Waals surface area contributed by atoms with E-state index in [0.29, 0.717) is 32.1 Å². The number of benzene rings is 1. The molecule has 0 unspecified atom stereocenters. The third kappa shape index (κ3) is 17.7. The predicted molar refractivity (Wildman–Crippen MR) is 228 cm³/mol. The van der Waals surface area contributed by atoms with Crippen LogP contribution in [-0.4, -0.2) is 130 Å². The molecule has 2 rings (SSSR count). The maximum atomic E-state index is 14.6. The molecule has 0 saturated carbocycles. The quantitative estimate of drug-likeness (QED) is 0.0328. The minimum atomic E-state index is -1.19. The van der Waals surface area contributed by atoms with Crippen molar-refractivity contribution in [3.63, 3.8) is 0 Å². The number of carbonyl (C=O) groups excluding carboxylic acids is 5. The summed E-state index contributed by atoms with van der Waals surface area (Å²) in [6, 6.07) is 1.07. The molecule has 60 heavy (non-hydrogen) atoms. The highest BCUT2D eigenvalue weighted by Crippen LogP contribution is 2.22. The third-order valence-corrected chi connectivity index (χ3v) is 10.3. The van der Waals surface area contributed by atoms with Crippen molar-refractivity contribution in [2.24, 2.45) is 50.5 Å². The van der Waals surface area contributed by atoms with Gasteiger partial charge in [-0.1, -0.05) is 46.2 Å². The lowest BCUT2D eigenvalue weighted by atomic mass is 9.96. The van der Waals surface area contributed by atoms with Gasteiger partial charge in [-0.05, 0) is 87.3 Å². The van der Waals surface area contributed by atoms with Crippen LogP contribution in [0.5, 0.6) is 5.75 Å². The minimum Gasteiger partial charge on any atom is -0.508 e. The summed E-state index contributed by atoms with van der Waals surface area (Å²) in [6.45, 7) is 7.48. The van der Waals surface area contributed by atoms with Gasteiger partial charge in [0.15, 0.2) is 11.9 Å². The van der Waals surface area contributed by atoms with E-state index in [4.69, 9.17) is 28.7 Å². The van der Waals surface area contributed by atoms with Gasteiger partial charge in [0, 0.05) is 26.2 Å². The number of carboxylic acid groups (broad SMARTS) is 1. The summed E-state index contributed by atoms with van der Waals surface area (Å²) in [5.41, 5.74) is 28.7. The van der Waals surface area contributed by atoms with Crippen molar-refractivity contribution in [2.45, 2.75) is 122 Å². The lowest BCUT2D eigenvalue weighted by Gasteiger charge is -2.39. The number of carboxylic acids is 1. The van der Waals surface area contributed by atoms with E-state index >= 15 is 0 Å². The second-order valence-corrected chi connectivity index (χ2v) is 15.7. The van der Waals surface area contributed by atoms with E-state index in [1.54, 1.807) is 19.1 Å². The number of phenols is 1. The summed E-state index contributed by atoms with van der Waals surface area (Å²) in [5, 5.41) is 27.7. The van der Waals surface area contributed by atoms with Gasteiger partial charge in [-0.2, -0.15) is 0 Å². The number of aliphatic imine (C=N–C) groups is 2. The number of nitrogens with one attached hydrogen (secondary N) is 3. The number of phenolic OH excluding ortho intramolecular Hbond substituents is 1. The number of aliphatic carboxylic acids is 1. The molecule has 1 saturated heterocycles. The van der Waals surface area contributed by atoms with Crippen molar-refractivity contribution < 1.29 is 39.0 Å². The van der Waals surface area contributed by atoms with E-state index in [2.05, 4.69) is 25.9 Å². The average molecular weight is 845 g/mol. The molecule has 336 valence electrons. The second kappa shape index (κ2) is 25.7. The fourth-order valence-electron chi connectivity index (χ4n) is 6.80. The van der Waals surface area contributed by atoms with Crippen molar-refractivity contribution in [1.29, 1.82) is 0 Å². The number of rotatable bonds is 25. The van der Waals surface area contributed by atoms with Crippen LogP contribution >= 0.6 is 0 Å². The zero-order valence-corrected chi connectivity index (χ0v) is 35.5. The number of hydrogen-bond donors (Lipinski definition) is 10. The largest absolute Gasteiger partial charge is 0.508 e. The molecule has 1 aliphatic rings. The number of nitrogens with two attached hydrogens (primary N) is 5. The molecule has 1 aliphatic heterocycles. The van der Waals surface area contributed by atoms with Crippen molar-refractivity contribution in [2.75, 3.05) is 32.7 Å². The van der Waals surface area contributed by atoms with Gasteiger partial charge in [0.25, 0.3) is 0 Å². The van der Waals surface area contributed by atoms with Crippen LogP contribution in [0, 0.1) is 11.8 Å². The highest BCUT2D eigenvalue weighted by molar-refractivity contribution is 5.95. The summed E-state index contributed by atoms with van der Waals surface area (Å²) in [5.74, 6) is -4.67. The number of hydrogen-bond acceptors (Lipinski definition) is 10. The van der Waals surface area contributed by atoms with Gasteiger partial charge in [-0.15, -0.1) is 0 Å². The van der Waals surface area contributed by atoms with Crippen molar-refractivity contribution in [1.82, 2.24) is 25.8 Å². The Morgan fingerprint density at radius 3 is 2.03 bits per heavy atom. The van der Waals surface area contributed by atoms with Gasteiger partial charge in [0.05, 0.1) is 12.6 Å². The van der Waals surface area contributed by atoms with E-state index in [9.17, 15) is 39.0 Å². The van der Waals surface area contributed by atoms with E-state index < -0.39 is 72.3 Å². The SMILES string of the molecule is CC[C@H](C)[C@H](NC(=O)CN(CCc1ccc(O)cc1)C(=O)[C@@H]1CCCCN1C(=O)[C@H](CCCN=C(N)N)NC(=O)[C@@H](N)CCCN=C(N)N)C(=O)N[C@@H](CC(C)C)C(=O)O. The third-order valence-electron chi connectivity index (χ3n) is 10.3. The van der Waals surface area contributed by atoms with Crippen LogP contribution in [0.3, 0.4) is 0 Å². The Bertz CT molecular complexity index is 1630. The predicted octanol–water partition coefficient (Wildman–Crippen LogP) is -0.790. The van der Waals surface area contributed by atoms with Gasteiger partial charge in [0.1, 0.15) is 29.9 Å². The highest BCUT2D eigenvalue weighted by Gasteiger charge is 2.39. The molecule has 0 aromatic heterocycles. The number of nitrogens with zero attached hydrogens (tertiary/aromatic N) is 4. The van der Waals surface area contributed by atoms with Crippen LogP contribution in [0.4, 0.5) is 0 Å². The van der Waals surface area contributed by atoms with Gasteiger partial charge in [0.2, 0.25) is 29.5 Å². The van der Waals surface area contributed by atoms with Gasteiger partial charge in [-0.3, -0.25) is 34.0 Å². The highest BCUT2D eigenvalue weighted by atomic mass is 16.4. The van der Waals surface area contributed by atoms with Crippen LogP contribution in [0.1, 0.15) is 91.0 Å². The minimum absolute atomic E-state index is 0.0240. The van der Waals surface area contributed by atoms with Crippen LogP contribution in [0.15, 0.2) is 34.3 Å². The van der Waals surface area contributed by atoms with Crippen LogP contribution in [0.2, 0.25) is 0 Å². The Morgan fingerprint density at radius 2 is 1.47 bits per heavy atom. The Kier molecular flexibility index (Phi) is 21.7. The molecule has 1 fully saturated rings. The number of likely N-dealkylation sites (tertiary alicyclic amines) is 1. The van der Waals surface area contributed by atoms with E-state index in [0.717, 1.165) is 5.56 Å². The first-order chi connectivity index (χ1) is 28.3. The maximum absolute atomic E-state index is 14.6. The molecule has 1 aromatic rings. The Balaban J connectivity index is 2.41. The summed E-state index contributed by atoms with van der Waals surface area (Å²) < 4.78 is 0. The molecule has 5 amide bonds. The summed E-state index contributed by atoms with van der Waals surface area (Å²) in [7, 11) is 0. The standard InChI is InChI=1S/C40H68N12O8/c1-5-25(4)33(35(56)49-30(38(59)60)22-24(2)3)50-32(54)23-51(21-17-26-13-15-27(53)16-14-26)37(58)31-12-6-7-20-52(31)36(57)29(11-9-19-47-40(44)45)48-34(55)28(41)10-8-18-46-39(42)43/h13-16,24-25,28-31,33,53H,5-12,17-23,41H2,1-4H3,(H,48,55)(H,49,56)(H,50,54)(H,59,60)(H4,42,43,46)(H4,44,45,47)/t25-,28-,29-,30-,31-,33-/m0/s1. The molecule has 6 atom stereocenters. The molecule has 1 aromatic carbocycles. The van der Waals surface area contributed by atoms with Gasteiger partial charge >= 0.3 is 5.97 Å². The van der Waals surface area contributed by atoms with Crippen molar-refractivity contribution in [3.8, 4) is 5.75 Å². The molecule has 1 heterocycles. The van der Waals surface area contributed by atoms with Crippen molar-refractivity contribution >= 4 is 47.4 Å². The van der Waals surface area contributed by atoms with E-state index in [1.807, 2.05) is 20.8 Å². The number of aromatic hydroxyl groups is 1. The molecule has 0 bridgehead atoms. The molecule has 15 N–H and O–H groups in total. The Hall–Kier alpha value is -5.66. The first-order valence-corrected chi connectivity index (χ1v) is 20.7. The molecular weight excluding hydrogens is 777 g/mol. The number of carbonyl (C=O) groups is 6. The normalized spacial score (nSPS) is 16.3. The molecule has 0 spiro atoms. The fraction of sp³-hybridized carbons (Fsp3) is 0.650. The number of piperidine rings is 1. The smallest absolute Gasteiger partial charge is 0.326 e. The Labute approximate surface area is 352 Å². The lowest BCUT2D eigenvalue weighted by Crippen LogP contribution is -2.60. The molecule has 0 aliphatic carbocycles. The fourth-order valence-corrected chi connectivity index (χ4v) is 6.80. The topological polar surface area (TPSA) is 340 Å². The first kappa shape index (κ1) is 50.5. The van der Waals surface area contributed by atoms with Crippen LogP contribution < -0.4 is 44.6 Å². The zero-order chi connectivity index (χ0) is 44.9. The monoisotopic (exact) mass is 845 g/mol. The second-order valence-electron chi connectivity index (χ2n) is 15.7. The number of guanidine groups is 2. The van der Waals surface area contributed by atoms with Crippen molar-refractivity contribution in [3.05, 3.63) is 29.8 Å². The van der Waals surface area contributed by atoms with Gasteiger partial charge in [-0.25, -0.2) is 4.79 Å². The average Bonchev–Trinajstić information content (AvgIpc) is 3.20. The Morgan fingerprint density at radius 1 is 0.867 bits per heavy atom. The van der Waals surface area contributed by atoms with Crippen LogP contribution in [0.25, 0.3) is 0 Å². The molecular formula is C40H68N12O8. The summed E-state index contributed by atoms with van der Waals surface area (Å²) >= 11 is 0. The first-order valence-electron chi connectivity index (χ1n) is 20.7.